The van der Waals surface area contributed by atoms with Crippen LogP contribution in [0.4, 0.5) is 10.8 Å². The van der Waals surface area contributed by atoms with Gasteiger partial charge in [0.15, 0.2) is 16.6 Å². The smallest absolute Gasteiger partial charge is 0.197 e. The fourth-order valence-corrected chi connectivity index (χ4v) is 2.91. The van der Waals surface area contributed by atoms with Crippen molar-refractivity contribution in [1.82, 2.24) is 9.27 Å². The van der Waals surface area contributed by atoms with E-state index in [2.05, 4.69) is 28.6 Å². The molecule has 0 amide bonds. The molecule has 18 heavy (non-hydrogen) atoms. The van der Waals surface area contributed by atoms with Gasteiger partial charge in [-0.05, 0) is 49.9 Å². The van der Waals surface area contributed by atoms with Crippen LogP contribution in [-0.4, -0.2) is 43.1 Å². The molecule has 0 saturated carbocycles. The van der Waals surface area contributed by atoms with Crippen LogP contribution in [0, 0.1) is 5.41 Å². The zero-order valence-electron chi connectivity index (χ0n) is 11.3. The Hall–Kier alpha value is -1.01. The van der Waals surface area contributed by atoms with E-state index in [1.807, 2.05) is 0 Å². The third kappa shape index (κ3) is 2.87. The molecule has 102 valence electrons. The zero-order chi connectivity index (χ0) is 13.2. The first kappa shape index (κ1) is 13.4. The molecule has 2 rings (SSSR count). The molecule has 2 heterocycles. The summed E-state index contributed by atoms with van der Waals surface area (Å²) in [5.41, 5.74) is 6.08. The first-order valence-electron chi connectivity index (χ1n) is 6.26. The quantitative estimate of drug-likeness (QED) is 0.874. The Morgan fingerprint density at radius 3 is 2.78 bits per heavy atom. The van der Waals surface area contributed by atoms with Gasteiger partial charge in [-0.2, -0.15) is 4.37 Å². The summed E-state index contributed by atoms with van der Waals surface area (Å²) >= 11 is 1.37. The summed E-state index contributed by atoms with van der Waals surface area (Å²) < 4.78 is 9.37. The van der Waals surface area contributed by atoms with Gasteiger partial charge in [0.1, 0.15) is 0 Å². The second-order valence-electron chi connectivity index (χ2n) is 5.40. The summed E-state index contributed by atoms with van der Waals surface area (Å²) in [5.74, 6) is 1.15. The molecule has 5 nitrogen and oxygen atoms in total. The highest BCUT2D eigenvalue weighted by molar-refractivity contribution is 7.11. The number of rotatable bonds is 4. The van der Waals surface area contributed by atoms with Gasteiger partial charge < -0.3 is 20.7 Å². The SMILES string of the molecule is COc1c(N)nsc1NCC1(C)CCN(C)CC1. The third-order valence-corrected chi connectivity index (χ3v) is 4.55. The molecule has 1 aliphatic heterocycles. The van der Waals surface area contributed by atoms with Crippen molar-refractivity contribution < 1.29 is 4.74 Å². The minimum Gasteiger partial charge on any atom is -0.490 e. The standard InChI is InChI=1S/C12H22N4OS/c1-12(4-6-16(2)7-5-12)8-14-11-9(17-3)10(13)15-18-11/h14H,4-8H2,1-3H3,(H2,13,15). The molecule has 3 N–H and O–H groups in total. The predicted octanol–water partition coefficient (Wildman–Crippen LogP) is 1.88. The van der Waals surface area contributed by atoms with Gasteiger partial charge in [-0.1, -0.05) is 6.92 Å². The van der Waals surface area contributed by atoms with Crippen molar-refractivity contribution >= 4 is 22.4 Å². The summed E-state index contributed by atoms with van der Waals surface area (Å²) in [6, 6.07) is 0. The van der Waals surface area contributed by atoms with Gasteiger partial charge in [-0.15, -0.1) is 0 Å². The van der Waals surface area contributed by atoms with Gasteiger partial charge in [-0.3, -0.25) is 0 Å². The van der Waals surface area contributed by atoms with Gasteiger partial charge in [0, 0.05) is 6.54 Å². The van der Waals surface area contributed by atoms with E-state index in [-0.39, 0.29) is 0 Å². The molecule has 1 aromatic heterocycles. The number of ether oxygens (including phenoxy) is 1. The maximum Gasteiger partial charge on any atom is 0.197 e. The van der Waals surface area contributed by atoms with Crippen molar-refractivity contribution in [2.24, 2.45) is 5.41 Å². The van der Waals surface area contributed by atoms with Gasteiger partial charge in [0.2, 0.25) is 0 Å². The molecular formula is C12H22N4OS. The Morgan fingerprint density at radius 1 is 1.50 bits per heavy atom. The van der Waals surface area contributed by atoms with Crippen LogP contribution in [0.3, 0.4) is 0 Å². The van der Waals surface area contributed by atoms with E-state index in [1.54, 1.807) is 7.11 Å². The topological polar surface area (TPSA) is 63.4 Å². The molecular weight excluding hydrogens is 248 g/mol. The second kappa shape index (κ2) is 5.32. The molecule has 0 aromatic carbocycles. The maximum atomic E-state index is 5.74. The Bertz CT molecular complexity index is 399. The van der Waals surface area contributed by atoms with Gasteiger partial charge >= 0.3 is 0 Å². The van der Waals surface area contributed by atoms with Crippen LogP contribution in [0.15, 0.2) is 0 Å². The molecule has 1 saturated heterocycles. The lowest BCUT2D eigenvalue weighted by molar-refractivity contribution is 0.150. The van der Waals surface area contributed by atoms with E-state index in [0.717, 1.165) is 11.5 Å². The van der Waals surface area contributed by atoms with Gasteiger partial charge in [0.25, 0.3) is 0 Å². The van der Waals surface area contributed by atoms with Crippen molar-refractivity contribution in [3.63, 3.8) is 0 Å². The summed E-state index contributed by atoms with van der Waals surface area (Å²) in [7, 11) is 3.81. The number of piperidine rings is 1. The lowest BCUT2D eigenvalue weighted by atomic mass is 9.80. The van der Waals surface area contributed by atoms with Crippen LogP contribution >= 0.6 is 11.5 Å². The maximum absolute atomic E-state index is 5.74. The van der Waals surface area contributed by atoms with Crippen molar-refractivity contribution in [1.29, 1.82) is 0 Å². The highest BCUT2D eigenvalue weighted by Crippen LogP contribution is 2.37. The molecule has 0 aliphatic carbocycles. The monoisotopic (exact) mass is 270 g/mol. The van der Waals surface area contributed by atoms with E-state index < -0.39 is 0 Å². The molecule has 0 atom stereocenters. The number of nitrogens with one attached hydrogen (secondary N) is 1. The zero-order valence-corrected chi connectivity index (χ0v) is 12.1. The highest BCUT2D eigenvalue weighted by atomic mass is 32.1. The Morgan fingerprint density at radius 2 is 2.17 bits per heavy atom. The number of hydrogen-bond donors (Lipinski definition) is 2. The predicted molar refractivity (Wildman–Crippen MR) is 76.4 cm³/mol. The van der Waals surface area contributed by atoms with Crippen LogP contribution in [0.25, 0.3) is 0 Å². The molecule has 1 aromatic rings. The average molecular weight is 270 g/mol. The number of anilines is 2. The second-order valence-corrected chi connectivity index (χ2v) is 6.17. The largest absolute Gasteiger partial charge is 0.490 e. The number of hydrogen-bond acceptors (Lipinski definition) is 6. The van der Waals surface area contributed by atoms with E-state index in [0.29, 0.717) is 17.0 Å². The average Bonchev–Trinajstić information content (AvgIpc) is 2.72. The van der Waals surface area contributed by atoms with Crippen molar-refractivity contribution in [3.8, 4) is 5.75 Å². The summed E-state index contributed by atoms with van der Waals surface area (Å²) in [5, 5.41) is 4.38. The van der Waals surface area contributed by atoms with E-state index in [4.69, 9.17) is 10.5 Å². The Balaban J connectivity index is 1.94. The van der Waals surface area contributed by atoms with Gasteiger partial charge in [-0.25, -0.2) is 0 Å². The van der Waals surface area contributed by atoms with Gasteiger partial charge in [0.05, 0.1) is 7.11 Å². The molecule has 0 bridgehead atoms. The Labute approximate surface area is 112 Å². The normalized spacial score (nSPS) is 19.7. The Kier molecular flexibility index (Phi) is 3.97. The fraction of sp³-hybridized carbons (Fsp3) is 0.750. The first-order valence-corrected chi connectivity index (χ1v) is 7.03. The lowest BCUT2D eigenvalue weighted by Crippen LogP contribution is -2.39. The lowest BCUT2D eigenvalue weighted by Gasteiger charge is -2.38. The van der Waals surface area contributed by atoms with Crippen LogP contribution < -0.4 is 15.8 Å². The summed E-state index contributed by atoms with van der Waals surface area (Å²) in [6.45, 7) is 5.61. The van der Waals surface area contributed by atoms with Crippen molar-refractivity contribution in [2.75, 3.05) is 44.8 Å². The molecule has 0 radical (unpaired) electrons. The van der Waals surface area contributed by atoms with E-state index >= 15 is 0 Å². The molecule has 0 spiro atoms. The number of methoxy groups -OCH3 is 1. The van der Waals surface area contributed by atoms with Crippen molar-refractivity contribution in [3.05, 3.63) is 0 Å². The minimum absolute atomic E-state index is 0.344. The summed E-state index contributed by atoms with van der Waals surface area (Å²) in [6.07, 6.45) is 2.43. The van der Waals surface area contributed by atoms with Crippen LogP contribution in [0.1, 0.15) is 19.8 Å². The number of nitrogens with zero attached hydrogens (tertiary/aromatic N) is 2. The number of likely N-dealkylation sites (tertiary alicyclic amines) is 1. The first-order chi connectivity index (χ1) is 8.54. The molecule has 0 unspecified atom stereocenters. The molecule has 6 heteroatoms. The highest BCUT2D eigenvalue weighted by Gasteiger charge is 2.29. The third-order valence-electron chi connectivity index (χ3n) is 3.75. The van der Waals surface area contributed by atoms with Crippen LogP contribution in [0.2, 0.25) is 0 Å². The van der Waals surface area contributed by atoms with Crippen LogP contribution in [0.5, 0.6) is 5.75 Å². The number of aromatic nitrogens is 1. The number of nitrogen functional groups attached to an aromatic ring is 1. The molecule has 1 aliphatic rings. The number of nitrogens with two attached hydrogens (primary N) is 1. The summed E-state index contributed by atoms with van der Waals surface area (Å²) in [4.78, 5) is 2.38. The van der Waals surface area contributed by atoms with E-state index in [9.17, 15) is 0 Å². The van der Waals surface area contributed by atoms with Crippen LogP contribution in [-0.2, 0) is 0 Å². The fourth-order valence-electron chi connectivity index (χ4n) is 2.23. The minimum atomic E-state index is 0.344. The van der Waals surface area contributed by atoms with Crippen molar-refractivity contribution in [2.45, 2.75) is 19.8 Å². The molecule has 1 fully saturated rings. The van der Waals surface area contributed by atoms with E-state index in [1.165, 1.54) is 37.5 Å².